The van der Waals surface area contributed by atoms with Gasteiger partial charge in [0.05, 0.1) is 0 Å². The molecular weight excluding hydrogens is 244 g/mol. The summed E-state index contributed by atoms with van der Waals surface area (Å²) in [5.41, 5.74) is 0.414. The van der Waals surface area contributed by atoms with E-state index in [-0.39, 0.29) is 0 Å². The molecule has 2 saturated carbocycles. The minimum Gasteiger partial charge on any atom is -0.310 e. The second-order valence-electron chi connectivity index (χ2n) is 8.16. The Morgan fingerprint density at radius 1 is 1.10 bits per heavy atom. The summed E-state index contributed by atoms with van der Waals surface area (Å²) >= 11 is 0. The summed E-state index contributed by atoms with van der Waals surface area (Å²) in [4.78, 5) is 2.77. The second-order valence-corrected chi connectivity index (χ2v) is 8.16. The van der Waals surface area contributed by atoms with Crippen molar-refractivity contribution in [3.05, 3.63) is 0 Å². The van der Waals surface area contributed by atoms with Crippen LogP contribution < -0.4 is 5.32 Å². The van der Waals surface area contributed by atoms with E-state index in [1.807, 2.05) is 0 Å². The summed E-state index contributed by atoms with van der Waals surface area (Å²) in [6.45, 7) is 10.1. The first kappa shape index (κ1) is 14.8. The van der Waals surface area contributed by atoms with E-state index < -0.39 is 0 Å². The van der Waals surface area contributed by atoms with Crippen molar-refractivity contribution in [3.8, 4) is 0 Å². The molecule has 3 rings (SSSR count). The zero-order valence-corrected chi connectivity index (χ0v) is 13.7. The number of nitrogens with one attached hydrogen (secondary N) is 1. The van der Waals surface area contributed by atoms with Crippen molar-refractivity contribution in [2.45, 2.75) is 70.8 Å². The Bertz CT molecular complexity index is 305. The van der Waals surface area contributed by atoms with Gasteiger partial charge in [0.25, 0.3) is 0 Å². The highest BCUT2D eigenvalue weighted by Crippen LogP contribution is 2.40. The Labute approximate surface area is 125 Å². The number of hydrogen-bond donors (Lipinski definition) is 1. The SMILES string of the molecule is CC1CCC(CCN2CCCNC(C)(C3CC3)C2)CC1. The molecule has 1 atom stereocenters. The lowest BCUT2D eigenvalue weighted by atomic mass is 9.81. The van der Waals surface area contributed by atoms with E-state index >= 15 is 0 Å². The highest BCUT2D eigenvalue weighted by molar-refractivity contribution is 5.01. The van der Waals surface area contributed by atoms with Gasteiger partial charge in [-0.1, -0.05) is 32.6 Å². The van der Waals surface area contributed by atoms with Crippen LogP contribution in [-0.2, 0) is 0 Å². The van der Waals surface area contributed by atoms with Crippen LogP contribution in [0.1, 0.15) is 65.2 Å². The first-order valence-electron chi connectivity index (χ1n) is 9.13. The molecule has 2 nitrogen and oxygen atoms in total. The molecule has 3 aliphatic rings. The minimum absolute atomic E-state index is 0.414. The average molecular weight is 278 g/mol. The fraction of sp³-hybridized carbons (Fsp3) is 1.00. The van der Waals surface area contributed by atoms with Gasteiger partial charge in [0.1, 0.15) is 0 Å². The van der Waals surface area contributed by atoms with Crippen LogP contribution in [0.15, 0.2) is 0 Å². The molecule has 0 spiro atoms. The predicted octanol–water partition coefficient (Wildman–Crippen LogP) is 3.67. The summed E-state index contributed by atoms with van der Waals surface area (Å²) in [5.74, 6) is 2.97. The first-order chi connectivity index (χ1) is 9.66. The highest BCUT2D eigenvalue weighted by atomic mass is 15.2. The van der Waals surface area contributed by atoms with Crippen LogP contribution in [0, 0.1) is 17.8 Å². The maximum Gasteiger partial charge on any atom is 0.0308 e. The van der Waals surface area contributed by atoms with Crippen LogP contribution in [0.2, 0.25) is 0 Å². The normalized spacial score (nSPS) is 40.5. The van der Waals surface area contributed by atoms with Gasteiger partial charge in [-0.05, 0) is 70.0 Å². The van der Waals surface area contributed by atoms with Crippen molar-refractivity contribution in [1.82, 2.24) is 10.2 Å². The van der Waals surface area contributed by atoms with Gasteiger partial charge in [-0.2, -0.15) is 0 Å². The number of rotatable bonds is 4. The van der Waals surface area contributed by atoms with Crippen LogP contribution in [-0.4, -0.2) is 36.6 Å². The van der Waals surface area contributed by atoms with Crippen molar-refractivity contribution >= 4 is 0 Å². The van der Waals surface area contributed by atoms with E-state index in [0.717, 1.165) is 17.8 Å². The van der Waals surface area contributed by atoms with E-state index in [1.54, 1.807) is 0 Å². The van der Waals surface area contributed by atoms with Gasteiger partial charge in [0.15, 0.2) is 0 Å². The fourth-order valence-corrected chi connectivity index (χ4v) is 4.44. The molecule has 0 aromatic heterocycles. The third kappa shape index (κ3) is 3.76. The zero-order valence-electron chi connectivity index (χ0n) is 13.7. The summed E-state index contributed by atoms with van der Waals surface area (Å²) in [6.07, 6.45) is 11.6. The molecular formula is C18H34N2. The van der Waals surface area contributed by atoms with Gasteiger partial charge >= 0.3 is 0 Å². The molecule has 116 valence electrons. The third-order valence-electron chi connectivity index (χ3n) is 6.20. The number of hydrogen-bond acceptors (Lipinski definition) is 2. The molecule has 1 unspecified atom stereocenters. The molecule has 1 aliphatic heterocycles. The molecule has 2 aliphatic carbocycles. The van der Waals surface area contributed by atoms with Crippen LogP contribution >= 0.6 is 0 Å². The largest absolute Gasteiger partial charge is 0.310 e. The summed E-state index contributed by atoms with van der Waals surface area (Å²) in [5, 5.41) is 3.85. The van der Waals surface area contributed by atoms with Gasteiger partial charge in [-0.15, -0.1) is 0 Å². The molecule has 1 saturated heterocycles. The molecule has 0 radical (unpaired) electrons. The summed E-state index contributed by atoms with van der Waals surface area (Å²) < 4.78 is 0. The highest BCUT2D eigenvalue weighted by Gasteiger charge is 2.42. The molecule has 2 heteroatoms. The molecule has 20 heavy (non-hydrogen) atoms. The Kier molecular flexibility index (Phi) is 4.72. The monoisotopic (exact) mass is 278 g/mol. The van der Waals surface area contributed by atoms with Gasteiger partial charge < -0.3 is 10.2 Å². The van der Waals surface area contributed by atoms with Crippen molar-refractivity contribution in [2.24, 2.45) is 17.8 Å². The van der Waals surface area contributed by atoms with E-state index in [1.165, 1.54) is 77.5 Å². The quantitative estimate of drug-likeness (QED) is 0.844. The maximum atomic E-state index is 3.85. The molecule has 0 bridgehead atoms. The van der Waals surface area contributed by atoms with Crippen molar-refractivity contribution in [3.63, 3.8) is 0 Å². The van der Waals surface area contributed by atoms with E-state index in [4.69, 9.17) is 0 Å². The van der Waals surface area contributed by atoms with Crippen LogP contribution in [0.3, 0.4) is 0 Å². The topological polar surface area (TPSA) is 15.3 Å². The van der Waals surface area contributed by atoms with Crippen LogP contribution in [0.25, 0.3) is 0 Å². The molecule has 1 N–H and O–H groups in total. The van der Waals surface area contributed by atoms with Crippen LogP contribution in [0.5, 0.6) is 0 Å². The Hall–Kier alpha value is -0.0800. The lowest BCUT2D eigenvalue weighted by Gasteiger charge is -2.35. The zero-order chi connectivity index (χ0) is 14.0. The summed E-state index contributed by atoms with van der Waals surface area (Å²) in [7, 11) is 0. The van der Waals surface area contributed by atoms with Gasteiger partial charge in [0, 0.05) is 12.1 Å². The van der Waals surface area contributed by atoms with Crippen molar-refractivity contribution < 1.29 is 0 Å². The second kappa shape index (κ2) is 6.36. The fourth-order valence-electron chi connectivity index (χ4n) is 4.44. The van der Waals surface area contributed by atoms with Gasteiger partial charge in [0.2, 0.25) is 0 Å². The predicted molar refractivity (Wildman–Crippen MR) is 85.9 cm³/mol. The molecule has 0 aromatic rings. The Morgan fingerprint density at radius 2 is 1.85 bits per heavy atom. The van der Waals surface area contributed by atoms with Crippen LogP contribution in [0.4, 0.5) is 0 Å². The van der Waals surface area contributed by atoms with Crippen molar-refractivity contribution in [2.75, 3.05) is 26.2 Å². The summed E-state index contributed by atoms with van der Waals surface area (Å²) in [6, 6.07) is 0. The molecule has 1 heterocycles. The van der Waals surface area contributed by atoms with E-state index in [2.05, 4.69) is 24.1 Å². The maximum absolute atomic E-state index is 3.85. The molecule has 0 amide bonds. The third-order valence-corrected chi connectivity index (χ3v) is 6.20. The van der Waals surface area contributed by atoms with Gasteiger partial charge in [-0.25, -0.2) is 0 Å². The Balaban J connectivity index is 1.46. The Morgan fingerprint density at radius 3 is 2.55 bits per heavy atom. The van der Waals surface area contributed by atoms with Gasteiger partial charge in [-0.3, -0.25) is 0 Å². The standard InChI is InChI=1S/C18H34N2/c1-15-4-6-16(7-5-15)10-13-20-12-3-11-19-18(2,14-20)17-8-9-17/h15-17,19H,3-14H2,1-2H3. The number of nitrogens with zero attached hydrogens (tertiary/aromatic N) is 1. The first-order valence-corrected chi connectivity index (χ1v) is 9.13. The lowest BCUT2D eigenvalue weighted by Crippen LogP contribution is -2.51. The smallest absolute Gasteiger partial charge is 0.0308 e. The van der Waals surface area contributed by atoms with E-state index in [9.17, 15) is 0 Å². The average Bonchev–Trinajstić information content (AvgIpc) is 3.26. The molecule has 3 fully saturated rings. The van der Waals surface area contributed by atoms with Crippen molar-refractivity contribution in [1.29, 1.82) is 0 Å². The lowest BCUT2D eigenvalue weighted by molar-refractivity contribution is 0.177. The molecule has 0 aromatic carbocycles. The minimum atomic E-state index is 0.414. The van der Waals surface area contributed by atoms with E-state index in [0.29, 0.717) is 5.54 Å².